The van der Waals surface area contributed by atoms with Gasteiger partial charge in [0.25, 0.3) is 23.9 Å². The Balaban J connectivity index is -0.0000000434. The molecule has 0 atom stereocenters. The van der Waals surface area contributed by atoms with Crippen LogP contribution in [0, 0.1) is 0 Å². The maximum Gasteiger partial charge on any atom is 0.300 e. The number of aliphatic carboxylic acids is 4. The summed E-state index contributed by atoms with van der Waals surface area (Å²) < 4.78 is 0. The Morgan fingerprint density at radius 2 is 0.840 bits per heavy atom. The van der Waals surface area contributed by atoms with E-state index in [9.17, 15) is 4.79 Å². The highest BCUT2D eigenvalue weighted by molar-refractivity contribution is 6.66. The van der Waals surface area contributed by atoms with Crippen molar-refractivity contribution < 1.29 is 44.4 Å². The van der Waals surface area contributed by atoms with Crippen LogP contribution in [0.25, 0.3) is 0 Å². The Bertz CT molecular complexity index is 309. The number of rotatable bonds is 2. The fourth-order valence-corrected chi connectivity index (χ4v) is 0. The fourth-order valence-electron chi connectivity index (χ4n) is 0. The van der Waals surface area contributed by atoms with Gasteiger partial charge in [-0.15, -0.1) is 0 Å². The number of carboxylic acids is 4. The summed E-state index contributed by atoms with van der Waals surface area (Å²) in [7, 11) is 0. The monoisotopic (exact) mass is 390 g/mol. The van der Waals surface area contributed by atoms with Crippen LogP contribution < -0.4 is 11.5 Å². The van der Waals surface area contributed by atoms with E-state index in [0.717, 1.165) is 33.8 Å². The summed E-state index contributed by atoms with van der Waals surface area (Å²) in [5.41, 5.74) is 9.81. The van der Waals surface area contributed by atoms with E-state index in [-0.39, 0.29) is 0 Å². The molecule has 8 N–H and O–H groups in total. The highest BCUT2D eigenvalue weighted by atomic mass is 35.5. The molecular formula is C13H27ClN2O9. The Hall–Kier alpha value is -2.50. The van der Waals surface area contributed by atoms with E-state index in [0.29, 0.717) is 13.1 Å². The number of allylic oxidation sites excluding steroid dienone is 1. The molecule has 0 bridgehead atoms. The van der Waals surface area contributed by atoms with Gasteiger partial charge in [-0.1, -0.05) is 6.58 Å². The van der Waals surface area contributed by atoms with E-state index in [2.05, 4.69) is 6.58 Å². The van der Waals surface area contributed by atoms with E-state index in [1.165, 1.54) is 0 Å². The zero-order chi connectivity index (χ0) is 22.0. The zero-order valence-corrected chi connectivity index (χ0v) is 15.3. The SMILES string of the molecule is C=CC(=O)Cl.CC(=O)O.CC(=O)O.CC(=O)O.CC(=O)O.NCCN. The molecule has 0 amide bonds. The Morgan fingerprint density at radius 3 is 0.840 bits per heavy atom. The molecule has 0 aliphatic heterocycles. The molecular weight excluding hydrogens is 364 g/mol. The van der Waals surface area contributed by atoms with Crippen molar-refractivity contribution in [1.82, 2.24) is 0 Å². The molecule has 0 saturated carbocycles. The van der Waals surface area contributed by atoms with E-state index in [4.69, 9.17) is 62.7 Å². The number of hydrogen-bond acceptors (Lipinski definition) is 7. The van der Waals surface area contributed by atoms with Crippen molar-refractivity contribution in [2.45, 2.75) is 27.7 Å². The van der Waals surface area contributed by atoms with Crippen LogP contribution in [0.4, 0.5) is 0 Å². The molecule has 0 aliphatic carbocycles. The topological polar surface area (TPSA) is 218 Å². The van der Waals surface area contributed by atoms with Gasteiger partial charge in [-0.25, -0.2) is 0 Å². The van der Waals surface area contributed by atoms with Crippen molar-refractivity contribution in [2.75, 3.05) is 13.1 Å². The lowest BCUT2D eigenvalue weighted by Crippen LogP contribution is -2.11. The van der Waals surface area contributed by atoms with Crippen LogP contribution in [-0.2, 0) is 24.0 Å². The van der Waals surface area contributed by atoms with Gasteiger partial charge in [-0.05, 0) is 17.7 Å². The first-order valence-corrected chi connectivity index (χ1v) is 6.50. The minimum Gasteiger partial charge on any atom is -0.481 e. The van der Waals surface area contributed by atoms with E-state index in [1.54, 1.807) is 0 Å². The third-order valence-corrected chi connectivity index (χ3v) is 0.481. The molecule has 0 aromatic carbocycles. The molecule has 0 aromatic heterocycles. The summed E-state index contributed by atoms with van der Waals surface area (Å²) in [4.78, 5) is 45.5. The lowest BCUT2D eigenvalue weighted by atomic mass is 10.7. The average molecular weight is 391 g/mol. The van der Waals surface area contributed by atoms with E-state index in [1.807, 2.05) is 0 Å². The smallest absolute Gasteiger partial charge is 0.300 e. The molecule has 0 radical (unpaired) electrons. The highest BCUT2D eigenvalue weighted by Crippen LogP contribution is 1.74. The van der Waals surface area contributed by atoms with Crippen molar-refractivity contribution in [3.8, 4) is 0 Å². The average Bonchev–Trinajstić information content (AvgIpc) is 2.36. The quantitative estimate of drug-likeness (QED) is 0.276. The lowest BCUT2D eigenvalue weighted by molar-refractivity contribution is -0.135. The molecule has 12 heteroatoms. The first-order valence-electron chi connectivity index (χ1n) is 6.12. The summed E-state index contributed by atoms with van der Waals surface area (Å²) in [6, 6.07) is 0. The van der Waals surface area contributed by atoms with Crippen LogP contribution >= 0.6 is 11.6 Å². The van der Waals surface area contributed by atoms with Crippen molar-refractivity contribution >= 4 is 40.7 Å². The predicted octanol–water partition coefficient (Wildman–Crippen LogP) is 0.205. The normalized spacial score (nSPS) is 6.52. The van der Waals surface area contributed by atoms with Crippen molar-refractivity contribution in [3.63, 3.8) is 0 Å². The van der Waals surface area contributed by atoms with Gasteiger partial charge in [0.1, 0.15) is 0 Å². The lowest BCUT2D eigenvalue weighted by Gasteiger charge is -1.72. The molecule has 0 rings (SSSR count). The molecule has 25 heavy (non-hydrogen) atoms. The second kappa shape index (κ2) is 37.6. The number of halogens is 1. The molecule has 11 nitrogen and oxygen atoms in total. The van der Waals surface area contributed by atoms with Crippen LogP contribution in [0.3, 0.4) is 0 Å². The van der Waals surface area contributed by atoms with Crippen LogP contribution in [-0.4, -0.2) is 62.6 Å². The molecule has 0 fully saturated rings. The van der Waals surface area contributed by atoms with Gasteiger partial charge in [0, 0.05) is 40.8 Å². The summed E-state index contributed by atoms with van der Waals surface area (Å²) in [5, 5.41) is 29.2. The molecule has 0 aromatic rings. The Morgan fingerprint density at radius 1 is 0.760 bits per heavy atom. The van der Waals surface area contributed by atoms with Gasteiger partial charge in [0.2, 0.25) is 5.24 Å². The second-order valence-corrected chi connectivity index (χ2v) is 3.53. The molecule has 0 heterocycles. The minimum absolute atomic E-state index is 0.509. The van der Waals surface area contributed by atoms with E-state index < -0.39 is 29.1 Å². The largest absolute Gasteiger partial charge is 0.481 e. The minimum atomic E-state index is -0.833. The number of nitrogens with two attached hydrogens (primary N) is 2. The summed E-state index contributed by atoms with van der Waals surface area (Å²) in [6.45, 7) is 8.61. The number of carbonyl (C=O) groups excluding carboxylic acids is 1. The zero-order valence-electron chi connectivity index (χ0n) is 14.6. The van der Waals surface area contributed by atoms with Crippen molar-refractivity contribution in [3.05, 3.63) is 12.7 Å². The molecule has 0 aliphatic rings. The summed E-state index contributed by atoms with van der Waals surface area (Å²) in [5.74, 6) is -3.33. The first kappa shape index (κ1) is 38.2. The highest BCUT2D eigenvalue weighted by Gasteiger charge is 1.74. The number of hydrogen-bond donors (Lipinski definition) is 6. The van der Waals surface area contributed by atoms with Crippen LogP contribution in [0.15, 0.2) is 12.7 Å². The number of carboxylic acid groups (broad SMARTS) is 4. The molecule has 0 saturated heterocycles. The van der Waals surface area contributed by atoms with Gasteiger partial charge in [0.15, 0.2) is 0 Å². The van der Waals surface area contributed by atoms with Gasteiger partial charge < -0.3 is 31.9 Å². The maximum absolute atomic E-state index is 9.46. The van der Waals surface area contributed by atoms with Gasteiger partial charge >= 0.3 is 0 Å². The molecule has 150 valence electrons. The third kappa shape index (κ3) is 32700. The molecule has 0 spiro atoms. The van der Waals surface area contributed by atoms with Gasteiger partial charge in [-0.3, -0.25) is 24.0 Å². The predicted molar refractivity (Wildman–Crippen MR) is 92.4 cm³/mol. The first-order chi connectivity index (χ1) is 11.1. The van der Waals surface area contributed by atoms with E-state index >= 15 is 0 Å². The Kier molecular flexibility index (Phi) is 57.5. The third-order valence-electron chi connectivity index (χ3n) is 0.327. The van der Waals surface area contributed by atoms with Crippen molar-refractivity contribution in [1.29, 1.82) is 0 Å². The summed E-state index contributed by atoms with van der Waals surface area (Å²) in [6.07, 6.45) is 1.04. The van der Waals surface area contributed by atoms with Crippen LogP contribution in [0.1, 0.15) is 27.7 Å². The maximum atomic E-state index is 9.46. The summed E-state index contributed by atoms with van der Waals surface area (Å²) >= 11 is 4.71. The van der Waals surface area contributed by atoms with Gasteiger partial charge in [0.05, 0.1) is 0 Å². The van der Waals surface area contributed by atoms with Crippen LogP contribution in [0.2, 0.25) is 0 Å². The fraction of sp³-hybridized carbons (Fsp3) is 0.462. The van der Waals surface area contributed by atoms with Crippen LogP contribution in [0.5, 0.6) is 0 Å². The van der Waals surface area contributed by atoms with Crippen molar-refractivity contribution in [2.24, 2.45) is 11.5 Å². The van der Waals surface area contributed by atoms with Gasteiger partial charge in [-0.2, -0.15) is 0 Å². The second-order valence-electron chi connectivity index (χ2n) is 3.16. The number of carbonyl (C=O) groups is 5. The molecule has 0 unspecified atom stereocenters. The standard InChI is InChI=1S/C3H3ClO.C2H8N2.4C2H4O2/c1-2-3(4)5;3-1-2-4;4*1-2(3)4/h2H,1H2;1-4H2;4*1H3,(H,3,4). The Labute approximate surface area is 150 Å².